The van der Waals surface area contributed by atoms with Crippen molar-refractivity contribution in [1.82, 2.24) is 25.4 Å². The molecule has 2 aliphatic carbocycles. The molecule has 2 amide bonds. The van der Waals surface area contributed by atoms with Gasteiger partial charge in [-0.15, -0.1) is 0 Å². The van der Waals surface area contributed by atoms with Gasteiger partial charge in [0.2, 0.25) is 11.8 Å². The van der Waals surface area contributed by atoms with Crippen molar-refractivity contribution >= 4 is 11.8 Å². The quantitative estimate of drug-likeness (QED) is 0.415. The Balaban J connectivity index is 1.22. The summed E-state index contributed by atoms with van der Waals surface area (Å²) in [6, 6.07) is 1.93. The molecule has 5 rings (SSSR count). The molecule has 2 aromatic rings. The summed E-state index contributed by atoms with van der Waals surface area (Å²) >= 11 is 0. The van der Waals surface area contributed by atoms with Crippen molar-refractivity contribution in [3.05, 3.63) is 29.8 Å². The van der Waals surface area contributed by atoms with Gasteiger partial charge in [-0.05, 0) is 44.6 Å². The summed E-state index contributed by atoms with van der Waals surface area (Å²) in [4.78, 5) is 31.8. The molecule has 1 aliphatic heterocycles. The molecule has 3 fully saturated rings. The lowest BCUT2D eigenvalue weighted by Gasteiger charge is -2.42. The fourth-order valence-electron chi connectivity index (χ4n) is 5.70. The van der Waals surface area contributed by atoms with Gasteiger partial charge in [0.25, 0.3) is 5.91 Å². The first-order valence-electron chi connectivity index (χ1n) is 12.7. The number of hydrogen-bond acceptors (Lipinski definition) is 7. The molecule has 1 spiro atoms. The number of ether oxygens (including phenoxy) is 1. The average molecular weight is 556 g/mol. The molecule has 0 bridgehead atoms. The number of alkyl halides is 3. The van der Waals surface area contributed by atoms with E-state index in [0.717, 1.165) is 6.20 Å². The normalized spacial score (nSPS) is 28.3. The molecular weight excluding hydrogens is 526 g/mol. The Kier molecular flexibility index (Phi) is 6.82. The number of carbonyl (C=O) groups is 2. The van der Waals surface area contributed by atoms with E-state index in [-0.39, 0.29) is 47.6 Å². The highest BCUT2D eigenvalue weighted by molar-refractivity contribution is 5.94. The standard InChI is InChI=1S/C25H29F4N5O5/c1-39-20-8-14(15(26)12-30-20)17-9-18(33-32-17)22(37)34-7-3-13(10-23(34)5-6-23)21(36)31-16-2-4-24(38,11-19(16)35)25(27,28)29/h8-9,12-13,16,19,35,38H,2-7,10-11H2,1H3,(H,31,36)(H,32,33)/t13?,16-,19-,24-/m0/s1. The SMILES string of the molecule is COc1cc(-c2cc(C(=O)N3CCC(C(=O)N[C@H]4CC[C@@](O)(C(F)(F)F)C[C@@H]4O)CC34CC4)n[nH]2)c(F)cn1. The van der Waals surface area contributed by atoms with Crippen LogP contribution in [0.25, 0.3) is 11.3 Å². The molecule has 2 aromatic heterocycles. The van der Waals surface area contributed by atoms with Crippen LogP contribution >= 0.6 is 0 Å². The number of aromatic nitrogens is 3. The second kappa shape index (κ2) is 9.73. The number of carbonyl (C=O) groups excluding carboxylic acids is 2. The number of aromatic amines is 1. The second-order valence-corrected chi connectivity index (χ2v) is 10.7. The topological polar surface area (TPSA) is 141 Å². The number of H-pyrrole nitrogens is 1. The van der Waals surface area contributed by atoms with E-state index in [0.29, 0.717) is 25.7 Å². The van der Waals surface area contributed by atoms with Crippen LogP contribution in [0.5, 0.6) is 5.88 Å². The van der Waals surface area contributed by atoms with Crippen molar-refractivity contribution in [3.63, 3.8) is 0 Å². The van der Waals surface area contributed by atoms with E-state index in [9.17, 15) is 37.4 Å². The Hall–Kier alpha value is -3.26. The van der Waals surface area contributed by atoms with Crippen molar-refractivity contribution < 1.29 is 42.1 Å². The number of nitrogens with zero attached hydrogens (tertiary/aromatic N) is 3. The van der Waals surface area contributed by atoms with Crippen LogP contribution in [-0.4, -0.2) is 85.2 Å². The zero-order valence-electron chi connectivity index (χ0n) is 21.1. The minimum atomic E-state index is -4.87. The third-order valence-corrected chi connectivity index (χ3v) is 8.21. The van der Waals surface area contributed by atoms with Crippen LogP contribution in [0.3, 0.4) is 0 Å². The van der Waals surface area contributed by atoms with Gasteiger partial charge < -0.3 is 25.2 Å². The first-order chi connectivity index (χ1) is 18.4. The molecule has 4 N–H and O–H groups in total. The van der Waals surface area contributed by atoms with Gasteiger partial charge in [-0.2, -0.15) is 18.3 Å². The van der Waals surface area contributed by atoms with E-state index in [1.165, 1.54) is 19.2 Å². The summed E-state index contributed by atoms with van der Waals surface area (Å²) in [5, 5.41) is 29.5. The number of likely N-dealkylation sites (tertiary alicyclic amines) is 1. The maximum atomic E-state index is 14.3. The van der Waals surface area contributed by atoms with Crippen LogP contribution in [0.1, 0.15) is 55.4 Å². The molecule has 1 saturated heterocycles. The van der Waals surface area contributed by atoms with Gasteiger partial charge in [0.1, 0.15) is 0 Å². The minimum absolute atomic E-state index is 0.0943. The average Bonchev–Trinajstić information content (AvgIpc) is 3.46. The number of pyridine rings is 1. The Bertz CT molecular complexity index is 1270. The largest absolute Gasteiger partial charge is 0.481 e. The fourth-order valence-corrected chi connectivity index (χ4v) is 5.70. The van der Waals surface area contributed by atoms with Crippen molar-refractivity contribution in [2.45, 2.75) is 74.4 Å². The summed E-state index contributed by atoms with van der Waals surface area (Å²) in [7, 11) is 1.40. The van der Waals surface area contributed by atoms with Crippen LogP contribution < -0.4 is 10.1 Å². The minimum Gasteiger partial charge on any atom is -0.481 e. The predicted octanol–water partition coefficient (Wildman–Crippen LogP) is 2.33. The maximum Gasteiger partial charge on any atom is 0.417 e. The zero-order chi connectivity index (χ0) is 28.2. The Morgan fingerprint density at radius 3 is 2.59 bits per heavy atom. The summed E-state index contributed by atoms with van der Waals surface area (Å²) in [6.07, 6.45) is -5.07. The maximum absolute atomic E-state index is 14.3. The number of halogens is 4. The lowest BCUT2D eigenvalue weighted by Crippen LogP contribution is -2.58. The molecule has 2 saturated carbocycles. The number of nitrogens with one attached hydrogen (secondary N) is 2. The summed E-state index contributed by atoms with van der Waals surface area (Å²) in [6.45, 7) is 0.262. The van der Waals surface area contributed by atoms with Crippen molar-refractivity contribution in [3.8, 4) is 17.1 Å². The number of piperidine rings is 1. The number of rotatable bonds is 5. The van der Waals surface area contributed by atoms with Gasteiger partial charge in [0.15, 0.2) is 17.1 Å². The number of hydrogen-bond donors (Lipinski definition) is 4. The number of amides is 2. The lowest BCUT2D eigenvalue weighted by atomic mass is 9.79. The summed E-state index contributed by atoms with van der Waals surface area (Å²) < 4.78 is 58.7. The first kappa shape index (κ1) is 27.3. The van der Waals surface area contributed by atoms with Crippen LogP contribution in [0, 0.1) is 11.7 Å². The van der Waals surface area contributed by atoms with Crippen LogP contribution in [-0.2, 0) is 4.79 Å². The van der Waals surface area contributed by atoms with Crippen molar-refractivity contribution in [1.29, 1.82) is 0 Å². The molecule has 39 heavy (non-hydrogen) atoms. The number of methoxy groups -OCH3 is 1. The Morgan fingerprint density at radius 1 is 1.21 bits per heavy atom. The number of aliphatic hydroxyl groups is 2. The highest BCUT2D eigenvalue weighted by Gasteiger charge is 2.58. The molecule has 14 heteroatoms. The van der Waals surface area contributed by atoms with Crippen molar-refractivity contribution in [2.75, 3.05) is 13.7 Å². The van der Waals surface area contributed by atoms with Gasteiger partial charge in [0, 0.05) is 36.1 Å². The van der Waals surface area contributed by atoms with E-state index >= 15 is 0 Å². The molecule has 4 atom stereocenters. The molecule has 0 aromatic carbocycles. The van der Waals surface area contributed by atoms with E-state index < -0.39 is 54.0 Å². The van der Waals surface area contributed by atoms with Crippen molar-refractivity contribution in [2.24, 2.45) is 5.92 Å². The molecule has 3 heterocycles. The molecule has 0 radical (unpaired) electrons. The third kappa shape index (κ3) is 5.07. The Morgan fingerprint density at radius 2 is 1.95 bits per heavy atom. The molecule has 212 valence electrons. The highest BCUT2D eigenvalue weighted by Crippen LogP contribution is 2.50. The van der Waals surface area contributed by atoms with Crippen LogP contribution in [0.4, 0.5) is 17.6 Å². The third-order valence-electron chi connectivity index (χ3n) is 8.21. The van der Waals surface area contributed by atoms with Gasteiger partial charge in [0.05, 0.1) is 31.1 Å². The second-order valence-electron chi connectivity index (χ2n) is 10.7. The Labute approximate surface area is 220 Å². The van der Waals surface area contributed by atoms with E-state index in [1.807, 2.05) is 0 Å². The smallest absolute Gasteiger partial charge is 0.417 e. The van der Waals surface area contributed by atoms with Gasteiger partial charge in [-0.25, -0.2) is 9.37 Å². The van der Waals surface area contributed by atoms with E-state index in [1.54, 1.807) is 4.90 Å². The highest BCUT2D eigenvalue weighted by atomic mass is 19.4. The molecule has 1 unspecified atom stereocenters. The van der Waals surface area contributed by atoms with Gasteiger partial charge in [-0.3, -0.25) is 14.7 Å². The molecular formula is C25H29F4N5O5. The molecule has 10 nitrogen and oxygen atoms in total. The van der Waals surface area contributed by atoms with Gasteiger partial charge >= 0.3 is 6.18 Å². The summed E-state index contributed by atoms with van der Waals surface area (Å²) in [5.74, 6) is -1.65. The van der Waals surface area contributed by atoms with E-state index in [2.05, 4.69) is 20.5 Å². The lowest BCUT2D eigenvalue weighted by molar-refractivity contribution is -0.279. The summed E-state index contributed by atoms with van der Waals surface area (Å²) in [5.41, 5.74) is -3.00. The fraction of sp³-hybridized carbons (Fsp3) is 0.600. The van der Waals surface area contributed by atoms with E-state index in [4.69, 9.17) is 4.74 Å². The molecule has 3 aliphatic rings. The number of aliphatic hydroxyl groups excluding tert-OH is 1. The predicted molar refractivity (Wildman–Crippen MR) is 127 cm³/mol. The monoisotopic (exact) mass is 555 g/mol. The van der Waals surface area contributed by atoms with Crippen LogP contribution in [0.15, 0.2) is 18.3 Å². The zero-order valence-corrected chi connectivity index (χ0v) is 21.1. The van der Waals surface area contributed by atoms with Crippen LogP contribution in [0.2, 0.25) is 0 Å². The van der Waals surface area contributed by atoms with Gasteiger partial charge in [-0.1, -0.05) is 0 Å². The first-order valence-corrected chi connectivity index (χ1v) is 12.7.